The second kappa shape index (κ2) is 5.78. The van der Waals surface area contributed by atoms with Gasteiger partial charge in [0.1, 0.15) is 5.56 Å². The van der Waals surface area contributed by atoms with E-state index in [4.69, 9.17) is 0 Å². The van der Waals surface area contributed by atoms with Crippen LogP contribution in [0, 0.1) is 0 Å². The van der Waals surface area contributed by atoms with Crippen LogP contribution in [0.15, 0.2) is 6.07 Å². The van der Waals surface area contributed by atoms with Crippen LogP contribution in [0.3, 0.4) is 0 Å². The summed E-state index contributed by atoms with van der Waals surface area (Å²) in [5.41, 5.74) is -5.52. The van der Waals surface area contributed by atoms with E-state index in [1.54, 1.807) is 0 Å². The number of halogens is 6. The van der Waals surface area contributed by atoms with Gasteiger partial charge in [-0.2, -0.15) is 26.3 Å². The van der Waals surface area contributed by atoms with Gasteiger partial charge in [0.05, 0.1) is 19.3 Å². The second-order valence-corrected chi connectivity index (χ2v) is 3.65. The molecule has 1 aromatic rings. The first-order valence-electron chi connectivity index (χ1n) is 5.42. The highest BCUT2D eigenvalue weighted by molar-refractivity contribution is 5.92. The molecule has 0 N–H and O–H groups in total. The predicted octanol–water partition coefficient (Wildman–Crippen LogP) is 3.30. The summed E-state index contributed by atoms with van der Waals surface area (Å²) in [6.45, 7) is 1.16. The van der Waals surface area contributed by atoms with E-state index in [1.807, 2.05) is 0 Å². The molecule has 0 amide bonds. The molecule has 1 heterocycles. The van der Waals surface area contributed by atoms with Gasteiger partial charge in [0.25, 0.3) is 0 Å². The fraction of sp³-hybridized carbons (Fsp3) is 0.455. The number of alkyl halides is 6. The van der Waals surface area contributed by atoms with Crippen LogP contribution in [0.1, 0.15) is 28.5 Å². The van der Waals surface area contributed by atoms with E-state index in [2.05, 4.69) is 14.5 Å². The highest BCUT2D eigenvalue weighted by atomic mass is 19.4. The zero-order valence-corrected chi connectivity index (χ0v) is 10.7. The molecule has 0 aromatic carbocycles. The Balaban J connectivity index is 3.74. The lowest BCUT2D eigenvalue weighted by Gasteiger charge is -2.17. The van der Waals surface area contributed by atoms with Crippen molar-refractivity contribution in [3.05, 3.63) is 22.9 Å². The molecule has 0 saturated heterocycles. The van der Waals surface area contributed by atoms with Gasteiger partial charge in [0, 0.05) is 6.07 Å². The smallest absolute Gasteiger partial charge is 0.434 e. The maximum absolute atomic E-state index is 12.9. The molecule has 0 aliphatic heterocycles. The van der Waals surface area contributed by atoms with E-state index in [0.29, 0.717) is 7.11 Å². The van der Waals surface area contributed by atoms with E-state index in [0.717, 1.165) is 0 Å². The Morgan fingerprint density at radius 2 is 1.76 bits per heavy atom. The fourth-order valence-electron chi connectivity index (χ4n) is 1.48. The van der Waals surface area contributed by atoms with Gasteiger partial charge in [-0.05, 0) is 6.92 Å². The maximum Gasteiger partial charge on any atom is 0.434 e. The number of esters is 1. The first-order chi connectivity index (χ1) is 9.52. The molecule has 4 nitrogen and oxygen atoms in total. The average Bonchev–Trinajstić information content (AvgIpc) is 2.35. The van der Waals surface area contributed by atoms with Crippen molar-refractivity contribution in [3.8, 4) is 5.88 Å². The van der Waals surface area contributed by atoms with Gasteiger partial charge >= 0.3 is 18.3 Å². The van der Waals surface area contributed by atoms with Crippen LogP contribution in [-0.4, -0.2) is 24.7 Å². The van der Waals surface area contributed by atoms with Crippen molar-refractivity contribution < 1.29 is 40.6 Å². The van der Waals surface area contributed by atoms with Crippen LogP contribution in [0.25, 0.3) is 0 Å². The number of ether oxygens (including phenoxy) is 2. The summed E-state index contributed by atoms with van der Waals surface area (Å²) < 4.78 is 85.7. The molecule has 0 atom stereocenters. The number of hydrogen-bond donors (Lipinski definition) is 0. The van der Waals surface area contributed by atoms with Crippen LogP contribution < -0.4 is 4.74 Å². The van der Waals surface area contributed by atoms with Gasteiger partial charge in [0.2, 0.25) is 5.88 Å². The van der Waals surface area contributed by atoms with Crippen molar-refractivity contribution >= 4 is 5.97 Å². The molecule has 0 aliphatic carbocycles. The summed E-state index contributed by atoms with van der Waals surface area (Å²) in [5.74, 6) is -2.67. The Morgan fingerprint density at radius 3 is 2.14 bits per heavy atom. The van der Waals surface area contributed by atoms with Gasteiger partial charge in [0.15, 0.2) is 5.69 Å². The van der Waals surface area contributed by atoms with Gasteiger partial charge in [-0.1, -0.05) is 0 Å². The van der Waals surface area contributed by atoms with E-state index in [1.165, 1.54) is 6.92 Å². The summed E-state index contributed by atoms with van der Waals surface area (Å²) in [6.07, 6.45) is -10.5. The van der Waals surface area contributed by atoms with Crippen molar-refractivity contribution in [2.45, 2.75) is 19.3 Å². The highest BCUT2D eigenvalue weighted by Crippen LogP contribution is 2.40. The van der Waals surface area contributed by atoms with Gasteiger partial charge in [-0.15, -0.1) is 0 Å². The minimum absolute atomic E-state index is 0.195. The summed E-state index contributed by atoms with van der Waals surface area (Å²) in [4.78, 5) is 14.2. The number of hydrogen-bond acceptors (Lipinski definition) is 4. The largest absolute Gasteiger partial charge is 0.478 e. The Labute approximate surface area is 114 Å². The summed E-state index contributed by atoms with van der Waals surface area (Å²) in [6, 6.07) is 0.227. The zero-order chi connectivity index (χ0) is 16.4. The van der Waals surface area contributed by atoms with Gasteiger partial charge < -0.3 is 9.47 Å². The Kier molecular flexibility index (Phi) is 4.69. The molecule has 0 fully saturated rings. The van der Waals surface area contributed by atoms with Crippen LogP contribution in [-0.2, 0) is 17.1 Å². The van der Waals surface area contributed by atoms with Crippen LogP contribution >= 0.6 is 0 Å². The number of rotatable bonds is 3. The van der Waals surface area contributed by atoms with Crippen LogP contribution in [0.5, 0.6) is 5.88 Å². The molecule has 0 bridgehead atoms. The lowest BCUT2D eigenvalue weighted by Crippen LogP contribution is -2.23. The van der Waals surface area contributed by atoms with Crippen molar-refractivity contribution in [2.24, 2.45) is 0 Å². The average molecular weight is 317 g/mol. The topological polar surface area (TPSA) is 48.4 Å². The Morgan fingerprint density at radius 1 is 1.19 bits per heavy atom. The van der Waals surface area contributed by atoms with E-state index < -0.39 is 41.0 Å². The van der Waals surface area contributed by atoms with Crippen molar-refractivity contribution in [1.29, 1.82) is 0 Å². The van der Waals surface area contributed by atoms with Crippen molar-refractivity contribution in [2.75, 3.05) is 13.7 Å². The Bertz CT molecular complexity index is 503. The van der Waals surface area contributed by atoms with Crippen molar-refractivity contribution in [1.82, 2.24) is 4.98 Å². The molecule has 21 heavy (non-hydrogen) atoms. The molecule has 1 rings (SSSR count). The van der Waals surface area contributed by atoms with E-state index in [9.17, 15) is 31.1 Å². The number of methoxy groups -OCH3 is 1. The lowest BCUT2D eigenvalue weighted by atomic mass is 10.1. The molecule has 0 spiro atoms. The number of pyridine rings is 1. The number of carbonyl (C=O) groups is 1. The second-order valence-electron chi connectivity index (χ2n) is 3.65. The van der Waals surface area contributed by atoms with E-state index in [-0.39, 0.29) is 12.7 Å². The standard InChI is InChI=1S/C11H9F6NO3/c1-3-21-6-4-5(10(12,13)14)7(9(19)20-2)8(18-6)11(15,16)17/h4H,3H2,1-2H3. The molecule has 0 saturated carbocycles. The van der Waals surface area contributed by atoms with E-state index >= 15 is 0 Å². The number of carbonyl (C=O) groups excluding carboxylic acids is 1. The normalized spacial score (nSPS) is 12.2. The third-order valence-electron chi connectivity index (χ3n) is 2.25. The number of nitrogens with zero attached hydrogens (tertiary/aromatic N) is 1. The molecular formula is C11H9F6NO3. The summed E-state index contributed by atoms with van der Waals surface area (Å²) in [7, 11) is 0.666. The third kappa shape index (κ3) is 3.76. The van der Waals surface area contributed by atoms with Gasteiger partial charge in [-0.25, -0.2) is 9.78 Å². The minimum Gasteiger partial charge on any atom is -0.478 e. The first-order valence-corrected chi connectivity index (χ1v) is 5.42. The minimum atomic E-state index is -5.28. The summed E-state index contributed by atoms with van der Waals surface area (Å²) in [5, 5.41) is 0. The SMILES string of the molecule is CCOc1cc(C(F)(F)F)c(C(=O)OC)c(C(F)(F)F)n1. The monoisotopic (exact) mass is 317 g/mol. The first kappa shape index (κ1) is 17.1. The summed E-state index contributed by atoms with van der Waals surface area (Å²) >= 11 is 0. The third-order valence-corrected chi connectivity index (χ3v) is 2.25. The molecule has 0 aliphatic rings. The van der Waals surface area contributed by atoms with Crippen molar-refractivity contribution in [3.63, 3.8) is 0 Å². The van der Waals surface area contributed by atoms with Gasteiger partial charge in [-0.3, -0.25) is 0 Å². The molecule has 1 aromatic heterocycles. The number of aromatic nitrogens is 1. The fourth-order valence-corrected chi connectivity index (χ4v) is 1.48. The molecular weight excluding hydrogens is 308 g/mol. The Hall–Kier alpha value is -2.00. The molecule has 0 unspecified atom stereocenters. The van der Waals surface area contributed by atoms with Crippen LogP contribution in [0.2, 0.25) is 0 Å². The van der Waals surface area contributed by atoms with Crippen LogP contribution in [0.4, 0.5) is 26.3 Å². The maximum atomic E-state index is 12.9. The highest BCUT2D eigenvalue weighted by Gasteiger charge is 2.45. The lowest BCUT2D eigenvalue weighted by molar-refractivity contribution is -0.146. The molecule has 118 valence electrons. The molecule has 10 heteroatoms. The zero-order valence-electron chi connectivity index (χ0n) is 10.7. The molecule has 0 radical (unpaired) electrons. The quantitative estimate of drug-likeness (QED) is 0.634. The predicted molar refractivity (Wildman–Crippen MR) is 56.7 cm³/mol.